The van der Waals surface area contributed by atoms with Crippen molar-refractivity contribution in [2.75, 3.05) is 0 Å². The maximum absolute atomic E-state index is 2.29. The first-order valence-corrected chi connectivity index (χ1v) is 6.08. The van der Waals surface area contributed by atoms with Gasteiger partial charge in [0.15, 0.2) is 0 Å². The Hall–Kier alpha value is -0.260. The van der Waals surface area contributed by atoms with Crippen molar-refractivity contribution in [3.05, 3.63) is 11.1 Å². The van der Waals surface area contributed by atoms with Gasteiger partial charge in [0.05, 0.1) is 0 Å². The summed E-state index contributed by atoms with van der Waals surface area (Å²) in [6, 6.07) is 0. The molecular weight excluding hydrogens is 156 g/mol. The Morgan fingerprint density at radius 3 is 1.69 bits per heavy atom. The van der Waals surface area contributed by atoms with Crippen molar-refractivity contribution in [2.24, 2.45) is 0 Å². The molecule has 0 saturated carbocycles. The van der Waals surface area contributed by atoms with E-state index >= 15 is 0 Å². The lowest BCUT2D eigenvalue weighted by atomic mass is 10.0. The van der Waals surface area contributed by atoms with Crippen LogP contribution in [0.5, 0.6) is 0 Å². The Labute approximate surface area is 83.4 Å². The van der Waals surface area contributed by atoms with Crippen LogP contribution in [0.2, 0.25) is 0 Å². The van der Waals surface area contributed by atoms with Gasteiger partial charge in [0.2, 0.25) is 0 Å². The number of rotatable bonds is 6. The molecule has 0 fully saturated rings. The molecule has 0 aromatic rings. The van der Waals surface area contributed by atoms with E-state index in [0.717, 1.165) is 0 Å². The lowest BCUT2D eigenvalue weighted by molar-refractivity contribution is 0.745. The summed E-state index contributed by atoms with van der Waals surface area (Å²) in [5.74, 6) is 0. The molecule has 0 atom stereocenters. The highest BCUT2D eigenvalue weighted by Gasteiger charge is 2.12. The molecule has 1 aliphatic carbocycles. The second-order valence-electron chi connectivity index (χ2n) is 4.27. The molecule has 0 radical (unpaired) electrons. The molecule has 76 valence electrons. The van der Waals surface area contributed by atoms with Gasteiger partial charge in [-0.3, -0.25) is 0 Å². The van der Waals surface area contributed by atoms with Crippen LogP contribution in [0.15, 0.2) is 11.1 Å². The zero-order chi connectivity index (χ0) is 9.52. The molecule has 0 amide bonds. The largest absolute Gasteiger partial charge is 0.0710 e. The molecule has 0 bridgehead atoms. The minimum absolute atomic E-state index is 1.35. The molecule has 0 unspecified atom stereocenters. The predicted octanol–water partition coefficient (Wildman–Crippen LogP) is 4.85. The van der Waals surface area contributed by atoms with E-state index in [0.29, 0.717) is 0 Å². The summed E-state index contributed by atoms with van der Waals surface area (Å²) in [4.78, 5) is 0. The molecule has 0 heterocycles. The lowest BCUT2D eigenvalue weighted by Crippen LogP contribution is -1.85. The van der Waals surface area contributed by atoms with Crippen LogP contribution < -0.4 is 0 Å². The molecule has 0 aromatic heterocycles. The van der Waals surface area contributed by atoms with Gasteiger partial charge >= 0.3 is 0 Å². The lowest BCUT2D eigenvalue weighted by Gasteiger charge is -2.05. The average Bonchev–Trinajstić information content (AvgIpc) is 2.59. The Morgan fingerprint density at radius 1 is 0.846 bits per heavy atom. The van der Waals surface area contributed by atoms with Crippen LogP contribution in [0, 0.1) is 0 Å². The van der Waals surface area contributed by atoms with E-state index in [4.69, 9.17) is 0 Å². The van der Waals surface area contributed by atoms with E-state index in [2.05, 4.69) is 13.8 Å². The van der Waals surface area contributed by atoms with Gasteiger partial charge in [-0.1, -0.05) is 37.8 Å². The normalized spacial score (nSPS) is 17.1. The first kappa shape index (κ1) is 10.8. The maximum atomic E-state index is 2.29. The fraction of sp³-hybridized carbons (Fsp3) is 0.846. The summed E-state index contributed by atoms with van der Waals surface area (Å²) in [7, 11) is 0. The van der Waals surface area contributed by atoms with Crippen molar-refractivity contribution >= 4 is 0 Å². The molecule has 1 aliphatic rings. The van der Waals surface area contributed by atoms with Gasteiger partial charge in [-0.25, -0.2) is 0 Å². The monoisotopic (exact) mass is 180 g/mol. The van der Waals surface area contributed by atoms with Crippen molar-refractivity contribution in [3.63, 3.8) is 0 Å². The number of unbranched alkanes of at least 4 members (excludes halogenated alkanes) is 2. The van der Waals surface area contributed by atoms with Crippen LogP contribution in [0.1, 0.15) is 71.6 Å². The van der Waals surface area contributed by atoms with E-state index in [1.165, 1.54) is 57.8 Å². The van der Waals surface area contributed by atoms with Crippen LogP contribution in [0.3, 0.4) is 0 Å². The molecule has 13 heavy (non-hydrogen) atoms. The van der Waals surface area contributed by atoms with Gasteiger partial charge in [-0.2, -0.15) is 0 Å². The van der Waals surface area contributed by atoms with Crippen LogP contribution >= 0.6 is 0 Å². The van der Waals surface area contributed by atoms with Crippen LogP contribution in [-0.2, 0) is 0 Å². The summed E-state index contributed by atoms with van der Waals surface area (Å²) in [6.07, 6.45) is 12.6. The molecule has 0 spiro atoms. The smallest absolute Gasteiger partial charge is 0.0315 e. The van der Waals surface area contributed by atoms with Crippen LogP contribution in [-0.4, -0.2) is 0 Å². The first-order valence-electron chi connectivity index (χ1n) is 6.08. The average molecular weight is 180 g/mol. The molecule has 0 nitrogen and oxygen atoms in total. The van der Waals surface area contributed by atoms with Gasteiger partial charge in [0, 0.05) is 0 Å². The minimum Gasteiger partial charge on any atom is -0.0710 e. The van der Waals surface area contributed by atoms with Gasteiger partial charge < -0.3 is 0 Å². The van der Waals surface area contributed by atoms with Gasteiger partial charge in [0.1, 0.15) is 0 Å². The molecule has 0 aromatic carbocycles. The second kappa shape index (κ2) is 6.23. The molecule has 1 rings (SSSR count). The summed E-state index contributed by atoms with van der Waals surface area (Å²) >= 11 is 0. The third-order valence-electron chi connectivity index (χ3n) is 3.12. The second-order valence-corrected chi connectivity index (χ2v) is 4.27. The fourth-order valence-electron chi connectivity index (χ4n) is 2.25. The Morgan fingerprint density at radius 2 is 1.31 bits per heavy atom. The highest BCUT2D eigenvalue weighted by atomic mass is 14.2. The third-order valence-corrected chi connectivity index (χ3v) is 3.12. The SMILES string of the molecule is CCCCC1=C(CCCC)CCC1. The molecule has 0 saturated heterocycles. The van der Waals surface area contributed by atoms with Crippen molar-refractivity contribution in [1.29, 1.82) is 0 Å². The summed E-state index contributed by atoms with van der Waals surface area (Å²) in [5, 5.41) is 0. The standard InChI is InChI=1S/C13H24/c1-3-5-8-12-10-7-11-13(12)9-6-4-2/h3-11H2,1-2H3. The topological polar surface area (TPSA) is 0 Å². The van der Waals surface area contributed by atoms with Crippen LogP contribution in [0.25, 0.3) is 0 Å². The summed E-state index contributed by atoms with van der Waals surface area (Å²) in [6.45, 7) is 4.59. The van der Waals surface area contributed by atoms with E-state index < -0.39 is 0 Å². The zero-order valence-corrected chi connectivity index (χ0v) is 9.36. The van der Waals surface area contributed by atoms with Gasteiger partial charge in [-0.15, -0.1) is 0 Å². The Bertz CT molecular complexity index is 147. The highest BCUT2D eigenvalue weighted by molar-refractivity contribution is 5.19. The quantitative estimate of drug-likeness (QED) is 0.513. The van der Waals surface area contributed by atoms with E-state index in [-0.39, 0.29) is 0 Å². The van der Waals surface area contributed by atoms with Crippen LogP contribution in [0.4, 0.5) is 0 Å². The van der Waals surface area contributed by atoms with Crippen molar-refractivity contribution in [1.82, 2.24) is 0 Å². The molecule has 0 aliphatic heterocycles. The Kier molecular flexibility index (Phi) is 5.19. The first-order chi connectivity index (χ1) is 6.38. The Balaban J connectivity index is 2.35. The maximum Gasteiger partial charge on any atom is -0.0315 e. The van der Waals surface area contributed by atoms with E-state index in [1.807, 2.05) is 11.1 Å². The summed E-state index contributed by atoms with van der Waals surface area (Å²) < 4.78 is 0. The van der Waals surface area contributed by atoms with Gasteiger partial charge in [-0.05, 0) is 44.9 Å². The number of hydrogen-bond acceptors (Lipinski definition) is 0. The van der Waals surface area contributed by atoms with Crippen molar-refractivity contribution < 1.29 is 0 Å². The third kappa shape index (κ3) is 3.54. The number of hydrogen-bond donors (Lipinski definition) is 0. The molecule has 0 heteroatoms. The number of allylic oxidation sites excluding steroid dienone is 2. The van der Waals surface area contributed by atoms with E-state index in [9.17, 15) is 0 Å². The molecular formula is C13H24. The molecule has 0 N–H and O–H groups in total. The highest BCUT2D eigenvalue weighted by Crippen LogP contribution is 2.32. The van der Waals surface area contributed by atoms with Crippen molar-refractivity contribution in [3.8, 4) is 0 Å². The summed E-state index contributed by atoms with van der Waals surface area (Å²) in [5.41, 5.74) is 3.66. The minimum atomic E-state index is 1.35. The van der Waals surface area contributed by atoms with Crippen molar-refractivity contribution in [2.45, 2.75) is 71.6 Å². The fourth-order valence-corrected chi connectivity index (χ4v) is 2.25. The van der Waals surface area contributed by atoms with E-state index in [1.54, 1.807) is 0 Å². The predicted molar refractivity (Wildman–Crippen MR) is 59.9 cm³/mol. The zero-order valence-electron chi connectivity index (χ0n) is 9.36. The van der Waals surface area contributed by atoms with Gasteiger partial charge in [0.25, 0.3) is 0 Å².